The molecule has 7 heteroatoms. The van der Waals surface area contributed by atoms with Crippen molar-refractivity contribution in [3.8, 4) is 0 Å². The second-order valence-electron chi connectivity index (χ2n) is 11.8. The average molecular weight is 1050 g/mol. The van der Waals surface area contributed by atoms with E-state index in [-0.39, 0.29) is 64.1 Å². The molecule has 5 aromatic rings. The normalized spacial score (nSPS) is 17.5. The summed E-state index contributed by atoms with van der Waals surface area (Å²) in [5, 5.41) is 30.3. The number of aliphatic hydroxyl groups is 2. The molecule has 8 rings (SSSR count). The fraction of sp³-hybridized carbons (Fsp3) is 0.130. The predicted octanol–water partition coefficient (Wildman–Crippen LogP) is 11.7. The summed E-state index contributed by atoms with van der Waals surface area (Å²) >= 11 is 0. The summed E-state index contributed by atoms with van der Waals surface area (Å²) in [6, 6.07) is 50.7. The van der Waals surface area contributed by atoms with E-state index in [4.69, 9.17) is 10.2 Å². The molecule has 0 saturated heterocycles. The van der Waals surface area contributed by atoms with Crippen LogP contribution in [0, 0.1) is 18.2 Å². The van der Waals surface area contributed by atoms with E-state index in [1.165, 1.54) is 35.3 Å². The van der Waals surface area contributed by atoms with Crippen LogP contribution in [0.4, 0.5) is 0 Å². The largest absolute Gasteiger partial charge is 0.683 e. The van der Waals surface area contributed by atoms with Crippen LogP contribution >= 0.6 is 0 Å². The second kappa shape index (κ2) is 23.0. The molecule has 2 N–H and O–H groups in total. The van der Waals surface area contributed by atoms with Crippen LogP contribution in [0.25, 0.3) is 28.1 Å². The number of aliphatic hydroxyl groups excluding tert-OH is 2. The summed E-state index contributed by atoms with van der Waals surface area (Å²) in [6.45, 7) is 3.10. The van der Waals surface area contributed by atoms with Crippen molar-refractivity contribution in [3.63, 3.8) is 0 Å². The molecule has 0 spiro atoms. The van der Waals surface area contributed by atoms with Crippen LogP contribution < -0.4 is 0 Å². The Morgan fingerprint density at radius 2 is 1.06 bits per heavy atom. The van der Waals surface area contributed by atoms with Gasteiger partial charge in [-0.15, -0.1) is 0 Å². The molecule has 3 aliphatic heterocycles. The van der Waals surface area contributed by atoms with E-state index in [0.717, 1.165) is 16.7 Å². The molecule has 2 radical (unpaired) electrons. The fourth-order valence-electron chi connectivity index (χ4n) is 5.59. The Bertz CT molecular complexity index is 1840. The first-order valence-corrected chi connectivity index (χ1v) is 16.9. The first kappa shape index (κ1) is 42.7. The number of benzene rings is 5. The Hall–Kier alpha value is -4.74. The van der Waals surface area contributed by atoms with Gasteiger partial charge in [-0.25, -0.2) is 0 Å². The number of hydrogen-bond donors (Lipinski definition) is 2. The van der Waals surface area contributed by atoms with E-state index in [1.807, 2.05) is 91.4 Å². The van der Waals surface area contributed by atoms with Crippen LogP contribution in [0.15, 0.2) is 170 Å². The minimum atomic E-state index is -0.537. The van der Waals surface area contributed by atoms with E-state index >= 15 is 0 Å². The second-order valence-corrected chi connectivity index (χ2v) is 11.8. The summed E-state index contributed by atoms with van der Waals surface area (Å²) in [6.07, 6.45) is 16.5. The molecule has 5 aromatic carbocycles. The van der Waals surface area contributed by atoms with Crippen molar-refractivity contribution in [2.24, 2.45) is 0 Å². The van der Waals surface area contributed by atoms with Crippen LogP contribution in [-0.2, 0) is 40.2 Å². The van der Waals surface area contributed by atoms with Crippen LogP contribution in [-0.4, -0.2) is 16.3 Å². The van der Waals surface area contributed by atoms with Gasteiger partial charge < -0.3 is 26.2 Å². The van der Waals surface area contributed by atoms with E-state index in [9.17, 15) is 0 Å². The molecule has 3 heterocycles. The smallest absolute Gasteiger partial charge is 0.0877 e. The zero-order valence-electron chi connectivity index (χ0n) is 29.5. The number of allylic oxidation sites excluding steroid dienone is 3. The van der Waals surface area contributed by atoms with Crippen LogP contribution in [0.3, 0.4) is 0 Å². The Morgan fingerprint density at radius 3 is 1.43 bits per heavy atom. The van der Waals surface area contributed by atoms with E-state index in [2.05, 4.69) is 113 Å². The number of rotatable bonds is 4. The minimum absolute atomic E-state index is 0. The zero-order chi connectivity index (χ0) is 35.7. The van der Waals surface area contributed by atoms with Gasteiger partial charge in [0.05, 0.1) is 11.9 Å². The fourth-order valence-corrected chi connectivity index (χ4v) is 5.59. The van der Waals surface area contributed by atoms with Gasteiger partial charge in [-0.2, -0.15) is 126 Å². The summed E-state index contributed by atoms with van der Waals surface area (Å²) in [5.41, 5.74) is 8.39. The van der Waals surface area contributed by atoms with Crippen LogP contribution in [0.2, 0.25) is 0 Å². The minimum Gasteiger partial charge on any atom is -0.683 e. The van der Waals surface area contributed by atoms with Crippen molar-refractivity contribution in [2.45, 2.75) is 38.1 Å². The molecule has 0 aliphatic carbocycles. The maximum atomic E-state index is 8.49. The topological polar surface area (TPSA) is 82.8 Å². The molecule has 0 fully saturated rings. The molecule has 276 valence electrons. The van der Waals surface area contributed by atoms with Crippen molar-refractivity contribution >= 4 is 12.2 Å². The van der Waals surface area contributed by atoms with Gasteiger partial charge in [0.25, 0.3) is 0 Å². The van der Waals surface area contributed by atoms with Gasteiger partial charge in [-0.05, 0) is 31.1 Å². The Morgan fingerprint density at radius 1 is 0.604 bits per heavy atom. The maximum absolute atomic E-state index is 8.49. The van der Waals surface area contributed by atoms with Gasteiger partial charge in [0, 0.05) is 40.2 Å². The molecule has 4 unspecified atom stereocenters. The molecule has 0 saturated carbocycles. The van der Waals surface area contributed by atoms with Gasteiger partial charge in [-0.3, -0.25) is 0 Å². The van der Waals surface area contributed by atoms with Crippen molar-refractivity contribution in [1.82, 2.24) is 0 Å². The Balaban J connectivity index is 0.000000195. The van der Waals surface area contributed by atoms with Gasteiger partial charge in [0.1, 0.15) is 0 Å². The van der Waals surface area contributed by atoms with E-state index in [1.54, 1.807) is 6.92 Å². The molecule has 3 aliphatic rings. The molecule has 0 amide bonds. The number of fused-ring (bicyclic) bond motifs is 2. The van der Waals surface area contributed by atoms with Crippen LogP contribution in [0.1, 0.15) is 70.9 Å². The third-order valence-electron chi connectivity index (χ3n) is 7.89. The third-order valence-corrected chi connectivity index (χ3v) is 7.89. The van der Waals surface area contributed by atoms with Gasteiger partial charge in [-0.1, -0.05) is 108 Å². The van der Waals surface area contributed by atoms with E-state index in [0.29, 0.717) is 0 Å². The van der Waals surface area contributed by atoms with Crippen molar-refractivity contribution < 1.29 is 50.4 Å². The quantitative estimate of drug-likeness (QED) is 0.139. The number of nitrogens with zero attached hydrogens (tertiary/aromatic N) is 3. The summed E-state index contributed by atoms with van der Waals surface area (Å²) in [7, 11) is 0. The van der Waals surface area contributed by atoms with Gasteiger partial charge >= 0.3 is 0 Å². The van der Waals surface area contributed by atoms with Crippen molar-refractivity contribution in [3.05, 3.63) is 243 Å². The van der Waals surface area contributed by atoms with Crippen molar-refractivity contribution in [2.75, 3.05) is 0 Å². The Labute approximate surface area is 341 Å². The van der Waals surface area contributed by atoms with Gasteiger partial charge in [0.2, 0.25) is 0 Å². The number of hydrogen-bond acceptors (Lipinski definition) is 2. The van der Waals surface area contributed by atoms with Crippen LogP contribution in [0.5, 0.6) is 0 Å². The van der Waals surface area contributed by atoms with Gasteiger partial charge in [0.15, 0.2) is 0 Å². The summed E-state index contributed by atoms with van der Waals surface area (Å²) in [5.74, 6) is 0.162. The molecular weight excluding hydrogens is 1010 g/mol. The van der Waals surface area contributed by atoms with E-state index < -0.39 is 6.10 Å². The maximum Gasteiger partial charge on any atom is 0.0877 e. The summed E-state index contributed by atoms with van der Waals surface area (Å²) < 4.78 is 0. The molecule has 5 nitrogen and oxygen atoms in total. The Kier molecular flexibility index (Phi) is 18.5. The molecule has 53 heavy (non-hydrogen) atoms. The molecule has 0 bridgehead atoms. The molecule has 4 atom stereocenters. The zero-order valence-corrected chi connectivity index (χ0v) is 34.2. The SMILES string of the molecule is CC(O)=CC(C)O.[Ir].[Ir].[c-]1ccccc1C1C=CC=C[N-]1.[c-]1ccccc1C1[N-]C=Cc2ccccc21.[c-]1ccccc1C1[N-]C=Cc2ccccc21. The molecular formula is C46H41Ir2N3O2-6. The first-order chi connectivity index (χ1) is 25.0. The first-order valence-electron chi connectivity index (χ1n) is 16.9. The monoisotopic (exact) mass is 1050 g/mol. The summed E-state index contributed by atoms with van der Waals surface area (Å²) in [4.78, 5) is 0. The average Bonchev–Trinajstić information content (AvgIpc) is 3.19. The predicted molar refractivity (Wildman–Crippen MR) is 210 cm³/mol. The third kappa shape index (κ3) is 13.3. The standard InChI is InChI=1S/2C15H11N.C11H9N.C5H10O2.2Ir/c2*1-2-7-13(8-3-1)15-14-9-5-4-6-12(14)10-11-16-15;1-2-6-10(7-3-1)11-8-4-5-9-12-11;1-4(6)3-5(2)7;;/h2*1-7,9-11,15H;1-6,8-9,11H;3-4,6-7H,1-2H3;;/q3*-2;;;. The molecule has 0 aromatic heterocycles. The van der Waals surface area contributed by atoms with Crippen molar-refractivity contribution in [1.29, 1.82) is 0 Å².